The Labute approximate surface area is 117 Å². The van der Waals surface area contributed by atoms with Crippen molar-refractivity contribution in [3.8, 4) is 0 Å². The van der Waals surface area contributed by atoms with E-state index >= 15 is 0 Å². The molecule has 98 valence electrons. The van der Waals surface area contributed by atoms with Gasteiger partial charge in [-0.05, 0) is 23.9 Å². The van der Waals surface area contributed by atoms with Crippen molar-refractivity contribution in [3.05, 3.63) is 30.3 Å². The number of rotatable bonds is 4. The molecular formula is C8H7F4LiO3S2. The van der Waals surface area contributed by atoms with Gasteiger partial charge in [0, 0.05) is 4.90 Å². The second-order valence-electron chi connectivity index (χ2n) is 2.92. The number of alkyl halides is 4. The first-order valence-corrected chi connectivity index (χ1v) is 6.30. The van der Waals surface area contributed by atoms with E-state index in [0.29, 0.717) is 0 Å². The zero-order valence-electron chi connectivity index (χ0n) is 7.98. The van der Waals surface area contributed by atoms with Crippen molar-refractivity contribution in [1.29, 1.82) is 0 Å². The summed E-state index contributed by atoms with van der Waals surface area (Å²) >= 11 is -0.643. The van der Waals surface area contributed by atoms with Crippen LogP contribution in [0.4, 0.5) is 17.6 Å². The van der Waals surface area contributed by atoms with Crippen LogP contribution in [0, 0.1) is 0 Å². The standard InChI is InChI=1S/C8H6F4O3S2.Li.H/c9-7(10,8(11,12)17(13,14)15)16-6-4-2-1-3-5-6;;/h1-5H,(H,13,14,15);;. The van der Waals surface area contributed by atoms with Gasteiger partial charge in [-0.25, -0.2) is 0 Å². The molecule has 0 aliphatic heterocycles. The molecule has 3 nitrogen and oxygen atoms in total. The van der Waals surface area contributed by atoms with E-state index in [2.05, 4.69) is 0 Å². The monoisotopic (exact) mass is 298 g/mol. The summed E-state index contributed by atoms with van der Waals surface area (Å²) in [5.41, 5.74) is 0. The van der Waals surface area contributed by atoms with Gasteiger partial charge in [0.05, 0.1) is 0 Å². The molecule has 0 aliphatic rings. The van der Waals surface area contributed by atoms with E-state index in [1.165, 1.54) is 18.2 Å². The summed E-state index contributed by atoms with van der Waals surface area (Å²) in [5.74, 6) is 0. The molecule has 10 heteroatoms. The molecular weight excluding hydrogens is 291 g/mol. The Morgan fingerprint density at radius 1 is 1.06 bits per heavy atom. The molecule has 0 amide bonds. The van der Waals surface area contributed by atoms with Crippen LogP contribution in [0.5, 0.6) is 0 Å². The van der Waals surface area contributed by atoms with Crippen LogP contribution in [0.25, 0.3) is 0 Å². The Bertz CT molecular complexity index is 492. The van der Waals surface area contributed by atoms with Crippen molar-refractivity contribution in [3.63, 3.8) is 0 Å². The molecule has 0 bridgehead atoms. The van der Waals surface area contributed by atoms with Crippen molar-refractivity contribution in [2.24, 2.45) is 0 Å². The molecule has 0 unspecified atom stereocenters. The van der Waals surface area contributed by atoms with Crippen molar-refractivity contribution in [2.45, 2.75) is 15.4 Å². The van der Waals surface area contributed by atoms with Crippen LogP contribution >= 0.6 is 11.8 Å². The average Bonchev–Trinajstić information content (AvgIpc) is 2.16. The van der Waals surface area contributed by atoms with Crippen LogP contribution in [0.1, 0.15) is 0 Å². The van der Waals surface area contributed by atoms with Gasteiger partial charge in [-0.1, -0.05) is 18.2 Å². The van der Waals surface area contributed by atoms with Crippen LogP contribution in [-0.2, 0) is 10.1 Å². The number of benzene rings is 1. The predicted molar refractivity (Wildman–Crippen MR) is 60.9 cm³/mol. The van der Waals surface area contributed by atoms with Crippen molar-refractivity contribution >= 4 is 40.7 Å². The van der Waals surface area contributed by atoms with Crippen molar-refractivity contribution < 1.29 is 30.5 Å². The van der Waals surface area contributed by atoms with E-state index in [4.69, 9.17) is 4.55 Å². The van der Waals surface area contributed by atoms with Crippen molar-refractivity contribution in [2.75, 3.05) is 0 Å². The molecule has 0 spiro atoms. The summed E-state index contributed by atoms with van der Waals surface area (Å²) in [6.45, 7) is 0. The first-order valence-electron chi connectivity index (χ1n) is 4.04. The molecule has 0 heterocycles. The van der Waals surface area contributed by atoms with Crippen LogP contribution in [0.3, 0.4) is 0 Å². The summed E-state index contributed by atoms with van der Waals surface area (Å²) < 4.78 is 80.2. The molecule has 0 fully saturated rings. The zero-order valence-corrected chi connectivity index (χ0v) is 9.61. The predicted octanol–water partition coefficient (Wildman–Crippen LogP) is 2.20. The third-order valence-electron chi connectivity index (χ3n) is 1.65. The maximum absolute atomic E-state index is 13.1. The molecule has 1 N–H and O–H groups in total. The Kier molecular flexibility index (Phi) is 5.77. The summed E-state index contributed by atoms with van der Waals surface area (Å²) in [6.07, 6.45) is 0. The van der Waals surface area contributed by atoms with E-state index in [-0.39, 0.29) is 23.8 Å². The summed E-state index contributed by atoms with van der Waals surface area (Å²) in [6, 6.07) is 6.34. The summed E-state index contributed by atoms with van der Waals surface area (Å²) in [5, 5.41) is -10.5. The molecule has 0 radical (unpaired) electrons. The van der Waals surface area contributed by atoms with Gasteiger partial charge >= 0.3 is 39.5 Å². The van der Waals surface area contributed by atoms with E-state index in [1.807, 2.05) is 0 Å². The molecule has 1 aromatic rings. The average molecular weight is 298 g/mol. The van der Waals surface area contributed by atoms with Crippen molar-refractivity contribution in [1.82, 2.24) is 0 Å². The minimum absolute atomic E-state index is 0. The molecule has 0 saturated heterocycles. The van der Waals surface area contributed by atoms with Gasteiger partial charge in [-0.2, -0.15) is 26.0 Å². The minimum atomic E-state index is -6.18. The SMILES string of the molecule is O=S(=O)(O)C(F)(F)C(F)(F)Sc1ccccc1.[LiH]. The Hall–Kier alpha value is -0.203. The van der Waals surface area contributed by atoms with Gasteiger partial charge in [0.2, 0.25) is 0 Å². The maximum atomic E-state index is 13.1. The van der Waals surface area contributed by atoms with Crippen LogP contribution in [-0.4, -0.2) is 42.3 Å². The molecule has 0 aliphatic carbocycles. The summed E-state index contributed by atoms with van der Waals surface area (Å²) in [4.78, 5) is -0.249. The Morgan fingerprint density at radius 2 is 1.50 bits per heavy atom. The first-order chi connectivity index (χ1) is 7.58. The molecule has 1 rings (SSSR count). The van der Waals surface area contributed by atoms with Gasteiger partial charge in [-0.3, -0.25) is 4.55 Å². The fraction of sp³-hybridized carbons (Fsp3) is 0.250. The van der Waals surface area contributed by atoms with E-state index < -0.39 is 32.4 Å². The van der Waals surface area contributed by atoms with Crippen LogP contribution in [0.2, 0.25) is 0 Å². The topological polar surface area (TPSA) is 54.4 Å². The van der Waals surface area contributed by atoms with Crippen LogP contribution in [0.15, 0.2) is 35.2 Å². The second kappa shape index (κ2) is 5.84. The number of hydrogen-bond acceptors (Lipinski definition) is 3. The van der Waals surface area contributed by atoms with Gasteiger partial charge in [0.1, 0.15) is 0 Å². The second-order valence-corrected chi connectivity index (χ2v) is 5.57. The summed E-state index contributed by atoms with van der Waals surface area (Å²) in [7, 11) is -6.18. The third kappa shape index (κ3) is 3.65. The zero-order chi connectivity index (χ0) is 13.3. The fourth-order valence-corrected chi connectivity index (χ4v) is 2.30. The van der Waals surface area contributed by atoms with Gasteiger partial charge in [0.15, 0.2) is 0 Å². The van der Waals surface area contributed by atoms with Gasteiger partial charge in [0.25, 0.3) is 0 Å². The number of thioether (sulfide) groups is 1. The Morgan fingerprint density at radius 3 is 1.89 bits per heavy atom. The van der Waals surface area contributed by atoms with E-state index in [9.17, 15) is 26.0 Å². The quantitative estimate of drug-likeness (QED) is 0.401. The van der Waals surface area contributed by atoms with Gasteiger partial charge < -0.3 is 0 Å². The number of halogens is 4. The van der Waals surface area contributed by atoms with E-state index in [1.54, 1.807) is 0 Å². The van der Waals surface area contributed by atoms with E-state index in [0.717, 1.165) is 12.1 Å². The molecule has 1 aromatic carbocycles. The normalized spacial score (nSPS) is 12.9. The molecule has 0 aromatic heterocycles. The molecule has 0 atom stereocenters. The first kappa shape index (κ1) is 17.8. The number of hydrogen-bond donors (Lipinski definition) is 1. The van der Waals surface area contributed by atoms with Gasteiger partial charge in [-0.15, -0.1) is 0 Å². The third-order valence-corrected chi connectivity index (χ3v) is 3.71. The van der Waals surface area contributed by atoms with Crippen LogP contribution < -0.4 is 0 Å². The molecule has 18 heavy (non-hydrogen) atoms. The molecule has 0 saturated carbocycles. The fourth-order valence-electron chi connectivity index (χ4n) is 0.846. The Balaban J connectivity index is 0.00000289.